The standard InChI is InChI=1S/C24H23NOS2.ClH/c1-14-6-11-18-20(13-14)28-24-22(18)21(16-7-9-17(26-3)10-8-16)15(2)23(25-24)19-5-4-12-27-19;/h4-5,7-10,12,14H,6,11,13H2,1-3H3;1H/p-1. The minimum Gasteiger partial charge on any atom is -1.00 e. The Balaban J connectivity index is 0.00000205. The predicted octanol–water partition coefficient (Wildman–Crippen LogP) is 4.14. The first-order valence-corrected chi connectivity index (χ1v) is 11.5. The lowest BCUT2D eigenvalue weighted by molar-refractivity contribution is -0.00000585. The first-order valence-electron chi connectivity index (χ1n) is 9.79. The van der Waals surface area contributed by atoms with Gasteiger partial charge in [-0.05, 0) is 77.9 Å². The van der Waals surface area contributed by atoms with Crippen molar-refractivity contribution in [3.8, 4) is 27.4 Å². The number of thiophene rings is 2. The second-order valence-corrected chi connectivity index (χ2v) is 9.73. The highest BCUT2D eigenvalue weighted by Gasteiger charge is 2.25. The molecule has 1 unspecified atom stereocenters. The fourth-order valence-corrected chi connectivity index (χ4v) is 6.50. The molecule has 0 aliphatic heterocycles. The molecule has 5 heteroatoms. The summed E-state index contributed by atoms with van der Waals surface area (Å²) in [6.45, 7) is 4.60. The molecule has 0 spiro atoms. The summed E-state index contributed by atoms with van der Waals surface area (Å²) >= 11 is 3.68. The molecule has 0 radical (unpaired) electrons. The van der Waals surface area contributed by atoms with Crippen molar-refractivity contribution in [2.75, 3.05) is 7.11 Å². The van der Waals surface area contributed by atoms with E-state index in [1.165, 1.54) is 56.6 Å². The number of halogens is 1. The zero-order valence-electron chi connectivity index (χ0n) is 16.8. The Morgan fingerprint density at radius 1 is 1.14 bits per heavy atom. The van der Waals surface area contributed by atoms with Crippen LogP contribution >= 0.6 is 22.7 Å². The Morgan fingerprint density at radius 3 is 2.62 bits per heavy atom. The van der Waals surface area contributed by atoms with Gasteiger partial charge in [-0.3, -0.25) is 0 Å². The molecule has 4 aromatic rings. The van der Waals surface area contributed by atoms with Gasteiger partial charge in [0.1, 0.15) is 10.6 Å². The highest BCUT2D eigenvalue weighted by molar-refractivity contribution is 7.19. The average molecular weight is 441 g/mol. The van der Waals surface area contributed by atoms with Gasteiger partial charge in [0.2, 0.25) is 0 Å². The summed E-state index contributed by atoms with van der Waals surface area (Å²) in [6.07, 6.45) is 3.62. The second kappa shape index (κ2) is 8.10. The monoisotopic (exact) mass is 440 g/mol. The van der Waals surface area contributed by atoms with Crippen LogP contribution in [-0.2, 0) is 12.8 Å². The van der Waals surface area contributed by atoms with Crippen molar-refractivity contribution in [1.82, 2.24) is 4.98 Å². The van der Waals surface area contributed by atoms with Gasteiger partial charge < -0.3 is 17.1 Å². The second-order valence-electron chi connectivity index (χ2n) is 7.70. The Hall–Kier alpha value is -1.88. The summed E-state index contributed by atoms with van der Waals surface area (Å²) in [6, 6.07) is 12.8. The van der Waals surface area contributed by atoms with Crippen LogP contribution in [0.15, 0.2) is 41.8 Å². The Morgan fingerprint density at radius 2 is 1.93 bits per heavy atom. The van der Waals surface area contributed by atoms with Crippen LogP contribution in [0.4, 0.5) is 0 Å². The Bertz CT molecular complexity index is 1150. The molecule has 1 atom stereocenters. The van der Waals surface area contributed by atoms with Crippen LogP contribution in [0.25, 0.3) is 31.9 Å². The van der Waals surface area contributed by atoms with E-state index in [4.69, 9.17) is 9.72 Å². The topological polar surface area (TPSA) is 22.1 Å². The maximum atomic E-state index is 5.38. The number of benzene rings is 1. The van der Waals surface area contributed by atoms with Gasteiger partial charge in [0.25, 0.3) is 0 Å². The van der Waals surface area contributed by atoms with Gasteiger partial charge in [0.15, 0.2) is 0 Å². The number of hydrogen-bond donors (Lipinski definition) is 0. The van der Waals surface area contributed by atoms with Crippen LogP contribution in [0.1, 0.15) is 29.3 Å². The summed E-state index contributed by atoms with van der Waals surface area (Å²) in [5.41, 5.74) is 6.54. The van der Waals surface area contributed by atoms with Crippen LogP contribution in [-0.4, -0.2) is 12.1 Å². The predicted molar refractivity (Wildman–Crippen MR) is 121 cm³/mol. The van der Waals surface area contributed by atoms with E-state index in [-0.39, 0.29) is 12.4 Å². The highest BCUT2D eigenvalue weighted by Crippen LogP contribution is 2.45. The number of methoxy groups -OCH3 is 1. The maximum Gasteiger partial charge on any atom is 0.125 e. The zero-order chi connectivity index (χ0) is 19.3. The number of rotatable bonds is 3. The lowest BCUT2D eigenvalue weighted by Gasteiger charge is -2.19. The van der Waals surface area contributed by atoms with Gasteiger partial charge in [-0.2, -0.15) is 0 Å². The summed E-state index contributed by atoms with van der Waals surface area (Å²) in [7, 11) is 1.72. The van der Waals surface area contributed by atoms with Crippen molar-refractivity contribution in [3.05, 3.63) is 57.8 Å². The van der Waals surface area contributed by atoms with Gasteiger partial charge in [-0.25, -0.2) is 4.98 Å². The minimum atomic E-state index is 0. The smallest absolute Gasteiger partial charge is 0.125 e. The minimum absolute atomic E-state index is 0. The molecule has 0 N–H and O–H groups in total. The van der Waals surface area contributed by atoms with E-state index in [2.05, 4.69) is 55.6 Å². The quantitative estimate of drug-likeness (QED) is 0.477. The van der Waals surface area contributed by atoms with Gasteiger partial charge in [0.05, 0.1) is 17.7 Å². The number of aromatic nitrogens is 1. The molecule has 150 valence electrons. The summed E-state index contributed by atoms with van der Waals surface area (Å²) in [5.74, 6) is 1.66. The maximum absolute atomic E-state index is 5.38. The van der Waals surface area contributed by atoms with Crippen molar-refractivity contribution in [1.29, 1.82) is 0 Å². The average Bonchev–Trinajstić information content (AvgIpc) is 3.35. The highest BCUT2D eigenvalue weighted by atomic mass is 35.5. The number of aryl methyl sites for hydroxylation is 1. The van der Waals surface area contributed by atoms with E-state index in [0.29, 0.717) is 0 Å². The lowest BCUT2D eigenvalue weighted by Crippen LogP contribution is -3.00. The third-order valence-electron chi connectivity index (χ3n) is 5.82. The molecule has 1 aliphatic rings. The molecule has 3 aromatic heterocycles. The summed E-state index contributed by atoms with van der Waals surface area (Å²) < 4.78 is 5.38. The molecule has 0 fully saturated rings. The Kier molecular flexibility index (Phi) is 5.69. The van der Waals surface area contributed by atoms with Crippen molar-refractivity contribution in [2.45, 2.75) is 33.1 Å². The Labute approximate surface area is 186 Å². The fraction of sp³-hybridized carbons (Fsp3) is 0.292. The number of hydrogen-bond acceptors (Lipinski definition) is 4. The van der Waals surface area contributed by atoms with Gasteiger partial charge in [-0.15, -0.1) is 22.7 Å². The number of ether oxygens (including phenoxy) is 1. The molecule has 2 nitrogen and oxygen atoms in total. The SMILES string of the molecule is COc1ccc(-c2c(C)c(-c3cccs3)nc3sc4c(c23)CCC(C)C4)cc1.[Cl-]. The van der Waals surface area contributed by atoms with Crippen molar-refractivity contribution >= 4 is 32.9 Å². The molecule has 0 saturated carbocycles. The largest absolute Gasteiger partial charge is 1.00 e. The fourth-order valence-electron chi connectivity index (χ4n) is 4.34. The van der Waals surface area contributed by atoms with E-state index < -0.39 is 0 Å². The first-order chi connectivity index (χ1) is 13.7. The van der Waals surface area contributed by atoms with E-state index in [1.54, 1.807) is 23.3 Å². The molecule has 0 amide bonds. The van der Waals surface area contributed by atoms with Crippen LogP contribution in [0.2, 0.25) is 0 Å². The van der Waals surface area contributed by atoms with Gasteiger partial charge in [-0.1, -0.05) is 25.1 Å². The lowest BCUT2D eigenvalue weighted by atomic mass is 9.86. The number of nitrogens with zero attached hydrogens (tertiary/aromatic N) is 1. The van der Waals surface area contributed by atoms with E-state index in [0.717, 1.165) is 17.4 Å². The summed E-state index contributed by atoms with van der Waals surface area (Å²) in [4.78, 5) is 9.15. The molecular weight excluding hydrogens is 418 g/mol. The van der Waals surface area contributed by atoms with E-state index in [1.807, 2.05) is 11.3 Å². The molecule has 1 aliphatic carbocycles. The third kappa shape index (κ3) is 3.48. The first kappa shape index (κ1) is 20.4. The van der Waals surface area contributed by atoms with Crippen LogP contribution in [0.3, 0.4) is 0 Å². The molecule has 0 saturated heterocycles. The van der Waals surface area contributed by atoms with E-state index in [9.17, 15) is 0 Å². The van der Waals surface area contributed by atoms with E-state index >= 15 is 0 Å². The van der Waals surface area contributed by atoms with Crippen molar-refractivity contribution in [2.24, 2.45) is 5.92 Å². The van der Waals surface area contributed by atoms with Crippen LogP contribution in [0.5, 0.6) is 5.75 Å². The molecule has 5 rings (SSSR count). The van der Waals surface area contributed by atoms with Crippen LogP contribution < -0.4 is 17.1 Å². The van der Waals surface area contributed by atoms with Crippen molar-refractivity contribution in [3.63, 3.8) is 0 Å². The normalized spacial score (nSPS) is 15.8. The molecular formula is C24H23ClNOS2-. The zero-order valence-corrected chi connectivity index (χ0v) is 19.2. The molecule has 3 heterocycles. The summed E-state index contributed by atoms with van der Waals surface area (Å²) in [5, 5.41) is 3.52. The van der Waals surface area contributed by atoms with Crippen molar-refractivity contribution < 1.29 is 17.1 Å². The van der Waals surface area contributed by atoms with Crippen LogP contribution in [0, 0.1) is 12.8 Å². The number of fused-ring (bicyclic) bond motifs is 3. The number of pyridine rings is 1. The van der Waals surface area contributed by atoms with Gasteiger partial charge >= 0.3 is 0 Å². The molecule has 1 aromatic carbocycles. The van der Waals surface area contributed by atoms with Gasteiger partial charge in [0, 0.05) is 10.3 Å². The molecule has 0 bridgehead atoms. The third-order valence-corrected chi connectivity index (χ3v) is 7.84. The molecule has 29 heavy (non-hydrogen) atoms.